The van der Waals surface area contributed by atoms with Crippen molar-refractivity contribution in [2.24, 2.45) is 0 Å². The van der Waals surface area contributed by atoms with E-state index in [0.717, 1.165) is 17.6 Å². The number of ether oxygens (including phenoxy) is 1. The average Bonchev–Trinajstić information content (AvgIpc) is 2.84. The third-order valence-corrected chi connectivity index (χ3v) is 5.73. The summed E-state index contributed by atoms with van der Waals surface area (Å²) in [6, 6.07) is 20.4. The summed E-state index contributed by atoms with van der Waals surface area (Å²) in [5.74, 6) is 1.03. The fourth-order valence-electron chi connectivity index (χ4n) is 3.33. The van der Waals surface area contributed by atoms with Gasteiger partial charge < -0.3 is 9.64 Å². The van der Waals surface area contributed by atoms with Crippen LogP contribution in [0.4, 0.5) is 5.82 Å². The molecule has 168 valence electrons. The summed E-state index contributed by atoms with van der Waals surface area (Å²) in [5.41, 5.74) is 2.74. The van der Waals surface area contributed by atoms with Crippen LogP contribution in [0, 0.1) is 0 Å². The Bertz CT molecular complexity index is 1290. The van der Waals surface area contributed by atoms with Crippen molar-refractivity contribution >= 4 is 15.7 Å². The van der Waals surface area contributed by atoms with Crippen molar-refractivity contribution in [1.82, 2.24) is 19.9 Å². The predicted octanol–water partition coefficient (Wildman–Crippen LogP) is 3.55. The molecule has 3 heterocycles. The van der Waals surface area contributed by atoms with Gasteiger partial charge in [-0.3, -0.25) is 9.97 Å². The van der Waals surface area contributed by atoms with Gasteiger partial charge in [-0.05, 0) is 36.4 Å². The highest BCUT2D eigenvalue weighted by Gasteiger charge is 2.20. The van der Waals surface area contributed by atoms with Gasteiger partial charge in [-0.2, -0.15) is 0 Å². The number of para-hydroxylation sites is 1. The van der Waals surface area contributed by atoms with E-state index in [0.29, 0.717) is 35.9 Å². The van der Waals surface area contributed by atoms with Crippen LogP contribution in [-0.4, -0.2) is 41.7 Å². The second-order valence-corrected chi connectivity index (χ2v) is 9.27. The standard InChI is InChI=1S/C24H23N5O3S/c1-32-22-12-4-3-11-20(22)21-15-23(28-24(27-21)33(2,30)31)29(16-18-9-5-7-13-25-18)17-19-10-6-8-14-26-19/h3-15H,16-17H2,1-2H3. The number of hydrogen-bond donors (Lipinski definition) is 0. The molecule has 1 aromatic carbocycles. The molecule has 0 saturated carbocycles. The number of aromatic nitrogens is 4. The average molecular weight is 462 g/mol. The normalized spacial score (nSPS) is 11.2. The highest BCUT2D eigenvalue weighted by molar-refractivity contribution is 7.90. The number of methoxy groups -OCH3 is 1. The van der Waals surface area contributed by atoms with Gasteiger partial charge in [0.1, 0.15) is 11.6 Å². The molecule has 0 radical (unpaired) electrons. The molecule has 0 atom stereocenters. The van der Waals surface area contributed by atoms with Crippen LogP contribution in [0.2, 0.25) is 0 Å². The minimum atomic E-state index is -3.68. The first-order chi connectivity index (χ1) is 15.9. The van der Waals surface area contributed by atoms with Gasteiger partial charge in [-0.15, -0.1) is 0 Å². The molecule has 0 unspecified atom stereocenters. The van der Waals surface area contributed by atoms with Gasteiger partial charge in [0.15, 0.2) is 0 Å². The quantitative estimate of drug-likeness (QED) is 0.368. The van der Waals surface area contributed by atoms with Gasteiger partial charge in [0.05, 0.1) is 37.3 Å². The molecule has 0 N–H and O–H groups in total. The van der Waals surface area contributed by atoms with Crippen LogP contribution in [0.3, 0.4) is 0 Å². The fourth-order valence-corrected chi connectivity index (χ4v) is 3.85. The molecule has 0 saturated heterocycles. The monoisotopic (exact) mass is 461 g/mol. The number of nitrogens with zero attached hydrogens (tertiary/aromatic N) is 5. The molecule has 0 amide bonds. The lowest BCUT2D eigenvalue weighted by Gasteiger charge is -2.24. The van der Waals surface area contributed by atoms with Crippen molar-refractivity contribution in [3.8, 4) is 17.0 Å². The second kappa shape index (κ2) is 9.74. The Morgan fingerprint density at radius 1 is 0.848 bits per heavy atom. The van der Waals surface area contributed by atoms with Crippen LogP contribution in [0.5, 0.6) is 5.75 Å². The summed E-state index contributed by atoms with van der Waals surface area (Å²) in [7, 11) is -2.11. The van der Waals surface area contributed by atoms with Gasteiger partial charge >= 0.3 is 0 Å². The maximum Gasteiger partial charge on any atom is 0.249 e. The van der Waals surface area contributed by atoms with E-state index in [1.165, 1.54) is 0 Å². The second-order valence-electron chi connectivity index (χ2n) is 7.36. The van der Waals surface area contributed by atoms with Crippen LogP contribution in [0.1, 0.15) is 11.4 Å². The zero-order valence-electron chi connectivity index (χ0n) is 18.3. The van der Waals surface area contributed by atoms with E-state index in [-0.39, 0.29) is 5.16 Å². The predicted molar refractivity (Wildman–Crippen MR) is 125 cm³/mol. The minimum absolute atomic E-state index is 0.257. The largest absolute Gasteiger partial charge is 0.496 e. The number of rotatable bonds is 8. The molecule has 0 aliphatic heterocycles. The van der Waals surface area contributed by atoms with E-state index in [9.17, 15) is 8.42 Å². The van der Waals surface area contributed by atoms with Crippen LogP contribution >= 0.6 is 0 Å². The Kier molecular flexibility index (Phi) is 6.60. The van der Waals surface area contributed by atoms with Gasteiger partial charge in [0.25, 0.3) is 0 Å². The summed E-state index contributed by atoms with van der Waals surface area (Å²) in [4.78, 5) is 19.5. The van der Waals surface area contributed by atoms with Crippen molar-refractivity contribution in [3.63, 3.8) is 0 Å². The molecule has 0 fully saturated rings. The summed E-state index contributed by atoms with van der Waals surface area (Å²) in [5, 5.41) is -0.257. The summed E-state index contributed by atoms with van der Waals surface area (Å²) >= 11 is 0. The molecule has 0 aliphatic rings. The molecular formula is C24H23N5O3S. The highest BCUT2D eigenvalue weighted by Crippen LogP contribution is 2.31. The summed E-state index contributed by atoms with van der Waals surface area (Å²) < 4.78 is 30.4. The van der Waals surface area contributed by atoms with E-state index in [1.54, 1.807) is 31.6 Å². The topological polar surface area (TPSA) is 98.2 Å². The molecular weight excluding hydrogens is 438 g/mol. The van der Waals surface area contributed by atoms with Crippen molar-refractivity contribution < 1.29 is 13.2 Å². The highest BCUT2D eigenvalue weighted by atomic mass is 32.2. The number of hydrogen-bond acceptors (Lipinski definition) is 8. The van der Waals surface area contributed by atoms with E-state index in [4.69, 9.17) is 4.74 Å². The van der Waals surface area contributed by atoms with E-state index < -0.39 is 9.84 Å². The first-order valence-corrected chi connectivity index (χ1v) is 12.1. The molecule has 8 nitrogen and oxygen atoms in total. The third kappa shape index (κ3) is 5.50. The molecule has 3 aromatic heterocycles. The van der Waals surface area contributed by atoms with Gasteiger partial charge in [0.2, 0.25) is 15.0 Å². The Balaban J connectivity index is 1.86. The van der Waals surface area contributed by atoms with Gasteiger partial charge in [-0.25, -0.2) is 18.4 Å². The fraction of sp³-hybridized carbons (Fsp3) is 0.167. The molecule has 0 bridgehead atoms. The van der Waals surface area contributed by atoms with Crippen molar-refractivity contribution in [2.75, 3.05) is 18.3 Å². The molecule has 33 heavy (non-hydrogen) atoms. The third-order valence-electron chi connectivity index (χ3n) is 4.89. The van der Waals surface area contributed by atoms with Gasteiger partial charge in [-0.1, -0.05) is 24.3 Å². The minimum Gasteiger partial charge on any atom is -0.496 e. The SMILES string of the molecule is COc1ccccc1-c1cc(N(Cc2ccccn2)Cc2ccccn2)nc(S(C)(=O)=O)n1. The zero-order chi connectivity index (χ0) is 23.3. The smallest absolute Gasteiger partial charge is 0.249 e. The van der Waals surface area contributed by atoms with Crippen LogP contribution < -0.4 is 9.64 Å². The van der Waals surface area contributed by atoms with Crippen LogP contribution in [-0.2, 0) is 22.9 Å². The maximum absolute atomic E-state index is 12.5. The maximum atomic E-state index is 12.5. The Labute approximate surface area is 192 Å². The molecule has 0 aliphatic carbocycles. The van der Waals surface area contributed by atoms with Crippen molar-refractivity contribution in [1.29, 1.82) is 0 Å². The lowest BCUT2D eigenvalue weighted by Crippen LogP contribution is -2.25. The van der Waals surface area contributed by atoms with Gasteiger partial charge in [0, 0.05) is 30.3 Å². The number of pyridine rings is 2. The van der Waals surface area contributed by atoms with Crippen LogP contribution in [0.15, 0.2) is 84.3 Å². The van der Waals surface area contributed by atoms with Crippen molar-refractivity contribution in [2.45, 2.75) is 18.2 Å². The zero-order valence-corrected chi connectivity index (χ0v) is 19.1. The number of anilines is 1. The molecule has 4 aromatic rings. The van der Waals surface area contributed by atoms with E-state index in [1.807, 2.05) is 59.5 Å². The Morgan fingerprint density at radius 3 is 2.00 bits per heavy atom. The van der Waals surface area contributed by atoms with E-state index in [2.05, 4.69) is 19.9 Å². The lowest BCUT2D eigenvalue weighted by atomic mass is 10.1. The van der Waals surface area contributed by atoms with E-state index >= 15 is 0 Å². The van der Waals surface area contributed by atoms with Crippen LogP contribution in [0.25, 0.3) is 11.3 Å². The lowest BCUT2D eigenvalue weighted by molar-refractivity contribution is 0.416. The summed E-state index contributed by atoms with van der Waals surface area (Å²) in [6.45, 7) is 0.811. The Hall–Kier alpha value is -3.85. The van der Waals surface area contributed by atoms with Crippen molar-refractivity contribution in [3.05, 3.63) is 90.5 Å². The molecule has 0 spiro atoms. The Morgan fingerprint density at radius 2 is 1.45 bits per heavy atom. The first kappa shape index (κ1) is 22.3. The molecule has 4 rings (SSSR count). The molecule has 9 heteroatoms. The number of benzene rings is 1. The summed E-state index contributed by atoms with van der Waals surface area (Å²) in [6.07, 6.45) is 4.53. The first-order valence-electron chi connectivity index (χ1n) is 10.2. The number of sulfone groups is 1.